The van der Waals surface area contributed by atoms with Gasteiger partial charge in [-0.15, -0.1) is 0 Å². The van der Waals surface area contributed by atoms with E-state index in [4.69, 9.17) is 5.84 Å². The van der Waals surface area contributed by atoms with Crippen molar-refractivity contribution in [2.45, 2.75) is 26.4 Å². The molecule has 0 fully saturated rings. The van der Waals surface area contributed by atoms with E-state index in [2.05, 4.69) is 15.5 Å². The van der Waals surface area contributed by atoms with Gasteiger partial charge in [0, 0.05) is 24.5 Å². The molecule has 1 unspecified atom stereocenters. The van der Waals surface area contributed by atoms with Gasteiger partial charge in [0.15, 0.2) is 0 Å². The highest BCUT2D eigenvalue weighted by Crippen LogP contribution is 2.19. The number of nitrogens with one attached hydrogen (secondary N) is 1. The summed E-state index contributed by atoms with van der Waals surface area (Å²) in [6.07, 6.45) is 5.59. The number of hydrazine groups is 1. The molecule has 5 heteroatoms. The van der Waals surface area contributed by atoms with Crippen molar-refractivity contribution in [3.05, 3.63) is 47.5 Å². The van der Waals surface area contributed by atoms with E-state index in [-0.39, 0.29) is 6.04 Å². The van der Waals surface area contributed by atoms with Gasteiger partial charge in [-0.25, -0.2) is 5.43 Å². The number of aryl methyl sites for hydroxylation is 2. The quantitative estimate of drug-likeness (QED) is 0.612. The molecule has 0 aromatic carbocycles. The molecule has 3 N–H and O–H groups in total. The van der Waals surface area contributed by atoms with Crippen molar-refractivity contribution < 1.29 is 0 Å². The Morgan fingerprint density at radius 2 is 2.35 bits per heavy atom. The molecular weight excluding hydrogens is 214 g/mol. The van der Waals surface area contributed by atoms with Gasteiger partial charge >= 0.3 is 0 Å². The van der Waals surface area contributed by atoms with Crippen LogP contribution in [0.5, 0.6) is 0 Å². The average Bonchev–Trinajstić information content (AvgIpc) is 2.79. The predicted molar refractivity (Wildman–Crippen MR) is 66.0 cm³/mol. The summed E-state index contributed by atoms with van der Waals surface area (Å²) in [6.45, 7) is 4.93. The highest BCUT2D eigenvalue weighted by molar-refractivity contribution is 5.26. The molecule has 0 saturated heterocycles. The van der Waals surface area contributed by atoms with Gasteiger partial charge < -0.3 is 0 Å². The molecule has 1 atom stereocenters. The van der Waals surface area contributed by atoms with Crippen LogP contribution in [0.2, 0.25) is 0 Å². The van der Waals surface area contributed by atoms with Crippen LogP contribution in [0.15, 0.2) is 30.7 Å². The Balaban J connectivity index is 2.33. The smallest absolute Gasteiger partial charge is 0.0911 e. The highest BCUT2D eigenvalue weighted by Gasteiger charge is 2.15. The summed E-state index contributed by atoms with van der Waals surface area (Å²) in [4.78, 5) is 4.34. The molecule has 2 aromatic rings. The first-order valence-corrected chi connectivity index (χ1v) is 5.65. The van der Waals surface area contributed by atoms with Gasteiger partial charge in [-0.2, -0.15) is 5.10 Å². The van der Waals surface area contributed by atoms with Crippen molar-refractivity contribution in [1.29, 1.82) is 0 Å². The molecule has 0 amide bonds. The van der Waals surface area contributed by atoms with E-state index in [0.29, 0.717) is 0 Å². The third-order valence-electron chi connectivity index (χ3n) is 2.71. The van der Waals surface area contributed by atoms with E-state index in [1.807, 2.05) is 43.1 Å². The molecule has 0 saturated carbocycles. The second kappa shape index (κ2) is 5.07. The number of nitrogens with zero attached hydrogens (tertiary/aromatic N) is 3. The maximum Gasteiger partial charge on any atom is 0.0911 e. The van der Waals surface area contributed by atoms with Crippen molar-refractivity contribution in [1.82, 2.24) is 20.2 Å². The van der Waals surface area contributed by atoms with Gasteiger partial charge in [0.05, 0.1) is 17.9 Å². The summed E-state index contributed by atoms with van der Waals surface area (Å²) in [5.41, 5.74) is 5.87. The summed E-state index contributed by atoms with van der Waals surface area (Å²) in [7, 11) is 0. The van der Waals surface area contributed by atoms with Crippen LogP contribution < -0.4 is 11.3 Å². The second-order valence-corrected chi connectivity index (χ2v) is 3.99. The van der Waals surface area contributed by atoms with Crippen LogP contribution in [0.4, 0.5) is 0 Å². The maximum absolute atomic E-state index is 5.61. The Morgan fingerprint density at radius 1 is 1.53 bits per heavy atom. The summed E-state index contributed by atoms with van der Waals surface area (Å²) in [5.74, 6) is 5.61. The fourth-order valence-corrected chi connectivity index (χ4v) is 1.77. The van der Waals surface area contributed by atoms with Gasteiger partial charge in [-0.3, -0.25) is 15.5 Å². The minimum atomic E-state index is -0.116. The lowest BCUT2D eigenvalue weighted by Crippen LogP contribution is -2.29. The molecule has 0 aliphatic heterocycles. The third-order valence-corrected chi connectivity index (χ3v) is 2.71. The lowest BCUT2D eigenvalue weighted by molar-refractivity contribution is 0.616. The topological polar surface area (TPSA) is 68.8 Å². The molecule has 0 spiro atoms. The van der Waals surface area contributed by atoms with E-state index in [1.54, 1.807) is 6.20 Å². The molecule has 0 aliphatic rings. The Hall–Kier alpha value is -1.72. The lowest BCUT2D eigenvalue weighted by atomic mass is 10.1. The largest absolute Gasteiger partial charge is 0.273 e. The lowest BCUT2D eigenvalue weighted by Gasteiger charge is -2.13. The molecule has 0 bridgehead atoms. The third kappa shape index (κ3) is 2.51. The second-order valence-electron chi connectivity index (χ2n) is 3.99. The number of hydrogen-bond acceptors (Lipinski definition) is 4. The van der Waals surface area contributed by atoms with Crippen molar-refractivity contribution in [2.75, 3.05) is 0 Å². The average molecular weight is 231 g/mol. The van der Waals surface area contributed by atoms with Crippen LogP contribution in [0.3, 0.4) is 0 Å². The summed E-state index contributed by atoms with van der Waals surface area (Å²) in [6, 6.07) is 3.87. The molecular formula is C12H17N5. The first-order chi connectivity index (χ1) is 8.24. The zero-order valence-electron chi connectivity index (χ0n) is 10.1. The van der Waals surface area contributed by atoms with Gasteiger partial charge in [-0.05, 0) is 31.5 Å². The van der Waals surface area contributed by atoms with Crippen molar-refractivity contribution in [3.8, 4) is 0 Å². The molecule has 5 nitrogen and oxygen atoms in total. The van der Waals surface area contributed by atoms with Crippen molar-refractivity contribution >= 4 is 0 Å². The number of pyridine rings is 1. The monoisotopic (exact) mass is 231 g/mol. The van der Waals surface area contributed by atoms with Gasteiger partial charge in [0.25, 0.3) is 0 Å². The number of nitrogens with two attached hydrogens (primary N) is 1. The molecule has 90 valence electrons. The minimum Gasteiger partial charge on any atom is -0.273 e. The SMILES string of the molecule is CCn1cc(C(NN)c2cc(C)ccn2)cn1. The number of aromatic nitrogens is 3. The molecule has 2 rings (SSSR count). The molecule has 2 heterocycles. The summed E-state index contributed by atoms with van der Waals surface area (Å²) < 4.78 is 1.87. The standard InChI is InChI=1S/C12H17N5/c1-3-17-8-10(7-15-17)12(16-13)11-6-9(2)4-5-14-11/h4-8,12,16H,3,13H2,1-2H3. The predicted octanol–water partition coefficient (Wildman–Crippen LogP) is 1.16. The summed E-state index contributed by atoms with van der Waals surface area (Å²) in [5, 5.41) is 4.24. The van der Waals surface area contributed by atoms with Crippen LogP contribution in [0.25, 0.3) is 0 Å². The first-order valence-electron chi connectivity index (χ1n) is 5.65. The Bertz CT molecular complexity index is 491. The molecule has 17 heavy (non-hydrogen) atoms. The van der Waals surface area contributed by atoms with Crippen LogP contribution in [0.1, 0.15) is 29.8 Å². The van der Waals surface area contributed by atoms with Crippen molar-refractivity contribution in [3.63, 3.8) is 0 Å². The van der Waals surface area contributed by atoms with Crippen LogP contribution in [-0.4, -0.2) is 14.8 Å². The van der Waals surface area contributed by atoms with Crippen LogP contribution in [0, 0.1) is 6.92 Å². The van der Waals surface area contributed by atoms with E-state index in [9.17, 15) is 0 Å². The first kappa shape index (κ1) is 11.8. The Labute approximate surface area is 101 Å². The van der Waals surface area contributed by atoms with Crippen LogP contribution in [-0.2, 0) is 6.54 Å². The van der Waals surface area contributed by atoms with Crippen LogP contribution >= 0.6 is 0 Å². The fourth-order valence-electron chi connectivity index (χ4n) is 1.77. The minimum absolute atomic E-state index is 0.116. The number of rotatable bonds is 4. The Kier molecular flexibility index (Phi) is 3.51. The van der Waals surface area contributed by atoms with Crippen molar-refractivity contribution in [2.24, 2.45) is 5.84 Å². The van der Waals surface area contributed by atoms with E-state index >= 15 is 0 Å². The zero-order valence-corrected chi connectivity index (χ0v) is 10.1. The van der Waals surface area contributed by atoms with E-state index < -0.39 is 0 Å². The highest BCUT2D eigenvalue weighted by atomic mass is 15.3. The zero-order chi connectivity index (χ0) is 12.3. The summed E-state index contributed by atoms with van der Waals surface area (Å²) >= 11 is 0. The maximum atomic E-state index is 5.61. The Morgan fingerprint density at radius 3 is 2.94 bits per heavy atom. The molecule has 0 radical (unpaired) electrons. The number of hydrogen-bond donors (Lipinski definition) is 2. The molecule has 2 aromatic heterocycles. The van der Waals surface area contributed by atoms with E-state index in [0.717, 1.165) is 23.4 Å². The van der Waals surface area contributed by atoms with E-state index in [1.165, 1.54) is 0 Å². The van der Waals surface area contributed by atoms with Gasteiger partial charge in [0.2, 0.25) is 0 Å². The normalized spacial score (nSPS) is 12.6. The molecule has 0 aliphatic carbocycles. The van der Waals surface area contributed by atoms with Gasteiger partial charge in [0.1, 0.15) is 0 Å². The van der Waals surface area contributed by atoms with Gasteiger partial charge in [-0.1, -0.05) is 0 Å². The fraction of sp³-hybridized carbons (Fsp3) is 0.333.